The van der Waals surface area contributed by atoms with Crippen molar-refractivity contribution in [2.75, 3.05) is 38.3 Å². The van der Waals surface area contributed by atoms with Gasteiger partial charge in [0.25, 0.3) is 0 Å². The first-order chi connectivity index (χ1) is 13.2. The van der Waals surface area contributed by atoms with Gasteiger partial charge in [-0.2, -0.15) is 0 Å². The normalized spacial score (nSPS) is 14.9. The van der Waals surface area contributed by atoms with Gasteiger partial charge < -0.3 is 20.3 Å². The van der Waals surface area contributed by atoms with Crippen LogP contribution in [0.15, 0.2) is 47.5 Å². The van der Waals surface area contributed by atoms with Gasteiger partial charge in [0, 0.05) is 38.9 Å². The van der Waals surface area contributed by atoms with Crippen LogP contribution in [0.2, 0.25) is 0 Å². The Morgan fingerprint density at radius 2 is 1.70 bits per heavy atom. The average Bonchev–Trinajstić information content (AvgIpc) is 2.70. The van der Waals surface area contributed by atoms with E-state index in [4.69, 9.17) is 4.74 Å². The molecule has 0 aromatic heterocycles. The SMILES string of the molecule is CN=C(NCc1ccc(N2CCOCC2)cc1)NCc1ccc(C)cc1C. The number of rotatable bonds is 5. The number of aryl methyl sites for hydroxylation is 2. The molecule has 0 spiro atoms. The first-order valence-corrected chi connectivity index (χ1v) is 9.58. The van der Waals surface area contributed by atoms with Crippen molar-refractivity contribution in [3.63, 3.8) is 0 Å². The molecule has 0 amide bonds. The number of nitrogens with zero attached hydrogens (tertiary/aromatic N) is 2. The standard InChI is InChI=1S/C22H30N4O/c1-17-4-7-20(18(2)14-17)16-25-22(23-3)24-15-19-5-8-21(9-6-19)26-10-12-27-13-11-26/h4-9,14H,10-13,15-16H2,1-3H3,(H2,23,24,25). The van der Waals surface area contributed by atoms with Crippen molar-refractivity contribution in [3.8, 4) is 0 Å². The zero-order valence-electron chi connectivity index (χ0n) is 16.6. The Hall–Kier alpha value is -2.53. The fraction of sp³-hybridized carbons (Fsp3) is 0.409. The van der Waals surface area contributed by atoms with E-state index in [2.05, 4.69) is 76.8 Å². The van der Waals surface area contributed by atoms with Crippen molar-refractivity contribution in [2.45, 2.75) is 26.9 Å². The van der Waals surface area contributed by atoms with Crippen LogP contribution in [0.4, 0.5) is 5.69 Å². The molecule has 0 radical (unpaired) electrons. The van der Waals surface area contributed by atoms with E-state index in [1.54, 1.807) is 7.05 Å². The summed E-state index contributed by atoms with van der Waals surface area (Å²) in [5.41, 5.74) is 6.38. The quantitative estimate of drug-likeness (QED) is 0.631. The highest BCUT2D eigenvalue weighted by Crippen LogP contribution is 2.16. The highest BCUT2D eigenvalue weighted by Gasteiger charge is 2.10. The number of benzene rings is 2. The van der Waals surface area contributed by atoms with E-state index in [0.717, 1.165) is 45.4 Å². The number of morpholine rings is 1. The number of nitrogens with one attached hydrogen (secondary N) is 2. The second kappa shape index (κ2) is 9.42. The Bertz CT molecular complexity index is 764. The van der Waals surface area contributed by atoms with E-state index in [0.29, 0.717) is 0 Å². The lowest BCUT2D eigenvalue weighted by Gasteiger charge is -2.28. The van der Waals surface area contributed by atoms with Crippen molar-refractivity contribution >= 4 is 11.6 Å². The smallest absolute Gasteiger partial charge is 0.191 e. The van der Waals surface area contributed by atoms with Gasteiger partial charge in [-0.1, -0.05) is 35.9 Å². The highest BCUT2D eigenvalue weighted by molar-refractivity contribution is 5.79. The molecule has 1 aliphatic heterocycles. The van der Waals surface area contributed by atoms with E-state index >= 15 is 0 Å². The number of anilines is 1. The van der Waals surface area contributed by atoms with E-state index in [1.807, 2.05) is 0 Å². The lowest BCUT2D eigenvalue weighted by atomic mass is 10.1. The molecule has 1 aliphatic rings. The Morgan fingerprint density at radius 1 is 1.00 bits per heavy atom. The first kappa shape index (κ1) is 19.2. The van der Waals surface area contributed by atoms with E-state index < -0.39 is 0 Å². The lowest BCUT2D eigenvalue weighted by molar-refractivity contribution is 0.122. The maximum Gasteiger partial charge on any atom is 0.191 e. The number of ether oxygens (including phenoxy) is 1. The second-order valence-corrected chi connectivity index (χ2v) is 6.98. The summed E-state index contributed by atoms with van der Waals surface area (Å²) < 4.78 is 5.42. The zero-order chi connectivity index (χ0) is 19.1. The number of hydrogen-bond donors (Lipinski definition) is 2. The molecule has 2 N–H and O–H groups in total. The molecular weight excluding hydrogens is 336 g/mol. The van der Waals surface area contributed by atoms with Gasteiger partial charge in [0.15, 0.2) is 5.96 Å². The summed E-state index contributed by atoms with van der Waals surface area (Å²) in [6.07, 6.45) is 0. The van der Waals surface area contributed by atoms with Crippen molar-refractivity contribution in [1.82, 2.24) is 10.6 Å². The highest BCUT2D eigenvalue weighted by atomic mass is 16.5. The molecule has 0 bridgehead atoms. The third-order valence-electron chi connectivity index (χ3n) is 4.94. The summed E-state index contributed by atoms with van der Waals surface area (Å²) in [5, 5.41) is 6.79. The van der Waals surface area contributed by atoms with Gasteiger partial charge in [-0.25, -0.2) is 0 Å². The summed E-state index contributed by atoms with van der Waals surface area (Å²) >= 11 is 0. The number of guanidine groups is 1. The van der Waals surface area contributed by atoms with Crippen molar-refractivity contribution < 1.29 is 4.74 Å². The molecule has 0 atom stereocenters. The lowest BCUT2D eigenvalue weighted by Crippen LogP contribution is -2.37. The molecule has 0 unspecified atom stereocenters. The predicted octanol–water partition coefficient (Wildman–Crippen LogP) is 3.01. The van der Waals surface area contributed by atoms with Crippen LogP contribution in [-0.4, -0.2) is 39.3 Å². The molecule has 144 valence electrons. The van der Waals surface area contributed by atoms with Crippen molar-refractivity contribution in [2.24, 2.45) is 4.99 Å². The molecule has 5 nitrogen and oxygen atoms in total. The minimum atomic E-state index is 0.746. The van der Waals surface area contributed by atoms with Crippen molar-refractivity contribution in [3.05, 3.63) is 64.7 Å². The second-order valence-electron chi connectivity index (χ2n) is 6.98. The maximum atomic E-state index is 5.42. The maximum absolute atomic E-state index is 5.42. The van der Waals surface area contributed by atoms with Gasteiger partial charge in [0.2, 0.25) is 0 Å². The van der Waals surface area contributed by atoms with Crippen LogP contribution in [0.1, 0.15) is 22.3 Å². The number of hydrogen-bond acceptors (Lipinski definition) is 3. The fourth-order valence-corrected chi connectivity index (χ4v) is 3.28. The molecule has 1 heterocycles. The zero-order valence-corrected chi connectivity index (χ0v) is 16.6. The summed E-state index contributed by atoms with van der Waals surface area (Å²) in [5.74, 6) is 0.812. The third kappa shape index (κ3) is 5.47. The van der Waals surface area contributed by atoms with Crippen LogP contribution in [0.5, 0.6) is 0 Å². The van der Waals surface area contributed by atoms with Crippen molar-refractivity contribution in [1.29, 1.82) is 0 Å². The molecule has 5 heteroatoms. The minimum Gasteiger partial charge on any atom is -0.378 e. The van der Waals surface area contributed by atoms with Gasteiger partial charge in [0.05, 0.1) is 13.2 Å². The fourth-order valence-electron chi connectivity index (χ4n) is 3.28. The molecule has 0 saturated carbocycles. The number of aliphatic imine (C=N–C) groups is 1. The van der Waals surface area contributed by atoms with Gasteiger partial charge in [-0.3, -0.25) is 4.99 Å². The van der Waals surface area contributed by atoms with Crippen LogP contribution < -0.4 is 15.5 Å². The molecule has 27 heavy (non-hydrogen) atoms. The Kier molecular flexibility index (Phi) is 6.71. The molecular formula is C22H30N4O. The Morgan fingerprint density at radius 3 is 2.37 bits per heavy atom. The van der Waals surface area contributed by atoms with Gasteiger partial charge in [-0.15, -0.1) is 0 Å². The predicted molar refractivity (Wildman–Crippen MR) is 112 cm³/mol. The topological polar surface area (TPSA) is 48.9 Å². The molecule has 0 aliphatic carbocycles. The van der Waals surface area contributed by atoms with Crippen LogP contribution in [0.3, 0.4) is 0 Å². The Balaban J connectivity index is 1.50. The minimum absolute atomic E-state index is 0.746. The monoisotopic (exact) mass is 366 g/mol. The molecule has 2 aromatic carbocycles. The molecule has 1 saturated heterocycles. The van der Waals surface area contributed by atoms with Crippen LogP contribution >= 0.6 is 0 Å². The summed E-state index contributed by atoms with van der Waals surface area (Å²) in [4.78, 5) is 6.69. The average molecular weight is 367 g/mol. The molecule has 1 fully saturated rings. The summed E-state index contributed by atoms with van der Waals surface area (Å²) in [7, 11) is 1.80. The molecule has 3 rings (SSSR count). The summed E-state index contributed by atoms with van der Waals surface area (Å²) in [6.45, 7) is 9.33. The van der Waals surface area contributed by atoms with Crippen LogP contribution in [0, 0.1) is 13.8 Å². The van der Waals surface area contributed by atoms with Crippen LogP contribution in [-0.2, 0) is 17.8 Å². The van der Waals surface area contributed by atoms with Gasteiger partial charge in [0.1, 0.15) is 0 Å². The van der Waals surface area contributed by atoms with E-state index in [1.165, 1.54) is 27.9 Å². The van der Waals surface area contributed by atoms with E-state index in [9.17, 15) is 0 Å². The van der Waals surface area contributed by atoms with Crippen LogP contribution in [0.25, 0.3) is 0 Å². The third-order valence-corrected chi connectivity index (χ3v) is 4.94. The largest absolute Gasteiger partial charge is 0.378 e. The van der Waals surface area contributed by atoms with E-state index in [-0.39, 0.29) is 0 Å². The van der Waals surface area contributed by atoms with Gasteiger partial charge >= 0.3 is 0 Å². The van der Waals surface area contributed by atoms with Gasteiger partial charge in [-0.05, 0) is 42.7 Å². The molecule has 2 aromatic rings. The summed E-state index contributed by atoms with van der Waals surface area (Å²) in [6, 6.07) is 15.3. The Labute approximate surface area is 162 Å². The first-order valence-electron chi connectivity index (χ1n) is 9.58.